The second-order valence-electron chi connectivity index (χ2n) is 3.77. The molecule has 3 heteroatoms. The van der Waals surface area contributed by atoms with E-state index in [1.54, 1.807) is 0 Å². The number of primary amides is 1. The normalized spacial score (nSPS) is 10.4. The van der Waals surface area contributed by atoms with Gasteiger partial charge in [0.2, 0.25) is 5.91 Å². The molecule has 0 atom stereocenters. The van der Waals surface area contributed by atoms with Crippen LogP contribution >= 0.6 is 12.6 Å². The molecule has 1 amide bonds. The Kier molecular flexibility index (Phi) is 10.8. The van der Waals surface area contributed by atoms with Gasteiger partial charge in [-0.2, -0.15) is 12.6 Å². The van der Waals surface area contributed by atoms with Crippen molar-refractivity contribution in [3.63, 3.8) is 0 Å². The first-order valence-electron chi connectivity index (χ1n) is 5.66. The minimum atomic E-state index is -0.168. The maximum absolute atomic E-state index is 10.4. The number of hydrogen-bond acceptors (Lipinski definition) is 2. The summed E-state index contributed by atoms with van der Waals surface area (Å²) in [5.74, 6) is 0.845. The molecule has 0 rings (SSSR count). The fraction of sp³-hybridized carbons (Fsp3) is 0.909. The zero-order valence-corrected chi connectivity index (χ0v) is 9.90. The van der Waals surface area contributed by atoms with Crippen LogP contribution in [0.25, 0.3) is 0 Å². The molecule has 0 fully saturated rings. The largest absolute Gasteiger partial charge is 0.370 e. The Labute approximate surface area is 93.0 Å². The van der Waals surface area contributed by atoms with Crippen molar-refractivity contribution in [1.29, 1.82) is 0 Å². The van der Waals surface area contributed by atoms with E-state index in [-0.39, 0.29) is 5.91 Å². The minimum absolute atomic E-state index is 0.168. The molecule has 0 aliphatic heterocycles. The van der Waals surface area contributed by atoms with Crippen LogP contribution in [0.2, 0.25) is 0 Å². The summed E-state index contributed by atoms with van der Waals surface area (Å²) >= 11 is 4.17. The summed E-state index contributed by atoms with van der Waals surface area (Å²) in [5.41, 5.74) is 5.04. The first-order chi connectivity index (χ1) is 6.77. The molecule has 0 aromatic rings. The van der Waals surface area contributed by atoms with E-state index in [2.05, 4.69) is 12.6 Å². The van der Waals surface area contributed by atoms with E-state index in [1.165, 1.54) is 38.5 Å². The molecule has 2 N–H and O–H groups in total. The van der Waals surface area contributed by atoms with E-state index in [1.807, 2.05) is 0 Å². The predicted octanol–water partition coefficient (Wildman–Crippen LogP) is 2.91. The summed E-state index contributed by atoms with van der Waals surface area (Å²) < 4.78 is 0. The van der Waals surface area contributed by atoms with Gasteiger partial charge in [-0.25, -0.2) is 0 Å². The zero-order valence-electron chi connectivity index (χ0n) is 9.00. The molecule has 0 aliphatic carbocycles. The van der Waals surface area contributed by atoms with Crippen LogP contribution in [0.1, 0.15) is 57.8 Å². The van der Waals surface area contributed by atoms with Crippen LogP contribution in [0.3, 0.4) is 0 Å². The number of unbranched alkanes of at least 4 members (excludes halogenated alkanes) is 7. The lowest BCUT2D eigenvalue weighted by Gasteiger charge is -2.00. The molecule has 2 nitrogen and oxygen atoms in total. The lowest BCUT2D eigenvalue weighted by molar-refractivity contribution is -0.118. The Morgan fingerprint density at radius 3 is 1.71 bits per heavy atom. The predicted molar refractivity (Wildman–Crippen MR) is 64.6 cm³/mol. The molecule has 0 heterocycles. The van der Waals surface area contributed by atoms with Crippen LogP contribution in [0, 0.1) is 0 Å². The Hall–Kier alpha value is -0.180. The van der Waals surface area contributed by atoms with Gasteiger partial charge in [0.05, 0.1) is 0 Å². The molecule has 0 aromatic heterocycles. The number of carbonyl (C=O) groups excluding carboxylic acids is 1. The topological polar surface area (TPSA) is 43.1 Å². The molecule has 84 valence electrons. The van der Waals surface area contributed by atoms with Gasteiger partial charge in [0.25, 0.3) is 0 Å². The van der Waals surface area contributed by atoms with Gasteiger partial charge in [-0.15, -0.1) is 0 Å². The van der Waals surface area contributed by atoms with Crippen molar-refractivity contribution in [1.82, 2.24) is 0 Å². The maximum Gasteiger partial charge on any atom is 0.217 e. The number of rotatable bonds is 10. The Balaban J connectivity index is 2.88. The summed E-state index contributed by atoms with van der Waals surface area (Å²) in [5, 5.41) is 0. The highest BCUT2D eigenvalue weighted by molar-refractivity contribution is 7.80. The second-order valence-corrected chi connectivity index (χ2v) is 4.22. The summed E-state index contributed by atoms with van der Waals surface area (Å²) in [4.78, 5) is 10.4. The number of nitrogens with two attached hydrogens (primary N) is 1. The van der Waals surface area contributed by atoms with Crippen molar-refractivity contribution < 1.29 is 4.79 Å². The third kappa shape index (κ3) is 11.8. The third-order valence-corrected chi connectivity index (χ3v) is 2.65. The van der Waals surface area contributed by atoms with Crippen LogP contribution in [-0.4, -0.2) is 11.7 Å². The smallest absolute Gasteiger partial charge is 0.217 e. The second kappa shape index (κ2) is 10.9. The number of carbonyl (C=O) groups is 1. The van der Waals surface area contributed by atoms with Crippen LogP contribution < -0.4 is 5.73 Å². The van der Waals surface area contributed by atoms with E-state index in [0.717, 1.165) is 18.6 Å². The van der Waals surface area contributed by atoms with Gasteiger partial charge in [-0.05, 0) is 18.6 Å². The van der Waals surface area contributed by atoms with Gasteiger partial charge in [0, 0.05) is 6.42 Å². The maximum atomic E-state index is 10.4. The van der Waals surface area contributed by atoms with Gasteiger partial charge in [-0.3, -0.25) is 4.79 Å². The fourth-order valence-corrected chi connectivity index (χ4v) is 1.70. The van der Waals surface area contributed by atoms with E-state index >= 15 is 0 Å². The van der Waals surface area contributed by atoms with Gasteiger partial charge in [0.15, 0.2) is 0 Å². The number of thiol groups is 1. The number of hydrogen-bond donors (Lipinski definition) is 2. The molecule has 0 unspecified atom stereocenters. The summed E-state index contributed by atoms with van der Waals surface area (Å²) in [6, 6.07) is 0. The Morgan fingerprint density at radius 1 is 0.857 bits per heavy atom. The molecule has 0 bridgehead atoms. The first-order valence-corrected chi connectivity index (χ1v) is 6.30. The standard InChI is InChI=1S/C11H23NOS/c12-11(13)9-7-5-3-1-2-4-6-8-10-14/h14H,1-10H2,(H2,12,13). The Bertz CT molecular complexity index is 139. The van der Waals surface area contributed by atoms with Gasteiger partial charge < -0.3 is 5.73 Å². The number of amides is 1. The van der Waals surface area contributed by atoms with Crippen molar-refractivity contribution >= 4 is 18.5 Å². The van der Waals surface area contributed by atoms with Crippen molar-refractivity contribution in [2.45, 2.75) is 57.8 Å². The van der Waals surface area contributed by atoms with Crippen molar-refractivity contribution in [2.75, 3.05) is 5.75 Å². The van der Waals surface area contributed by atoms with E-state index in [0.29, 0.717) is 6.42 Å². The average molecular weight is 217 g/mol. The minimum Gasteiger partial charge on any atom is -0.370 e. The molecule has 0 aromatic carbocycles. The van der Waals surface area contributed by atoms with Gasteiger partial charge in [0.1, 0.15) is 0 Å². The highest BCUT2D eigenvalue weighted by Gasteiger charge is 1.94. The van der Waals surface area contributed by atoms with Crippen molar-refractivity contribution in [2.24, 2.45) is 5.73 Å². The fourth-order valence-electron chi connectivity index (χ4n) is 1.47. The molecule has 0 spiro atoms. The van der Waals surface area contributed by atoms with Gasteiger partial charge in [-0.1, -0.05) is 38.5 Å². The molecule has 0 saturated heterocycles. The monoisotopic (exact) mass is 217 g/mol. The van der Waals surface area contributed by atoms with Crippen molar-refractivity contribution in [3.05, 3.63) is 0 Å². The molecular formula is C11H23NOS. The molecule has 14 heavy (non-hydrogen) atoms. The van der Waals surface area contributed by atoms with E-state index < -0.39 is 0 Å². The lowest BCUT2D eigenvalue weighted by atomic mass is 10.1. The SMILES string of the molecule is NC(=O)CCCCCCCCCCS. The molecule has 0 aliphatic rings. The highest BCUT2D eigenvalue weighted by atomic mass is 32.1. The van der Waals surface area contributed by atoms with Gasteiger partial charge >= 0.3 is 0 Å². The molecule has 0 saturated carbocycles. The van der Waals surface area contributed by atoms with Crippen LogP contribution in [0.5, 0.6) is 0 Å². The highest BCUT2D eigenvalue weighted by Crippen LogP contribution is 2.09. The zero-order chi connectivity index (χ0) is 10.6. The van der Waals surface area contributed by atoms with Crippen LogP contribution in [0.15, 0.2) is 0 Å². The summed E-state index contributed by atoms with van der Waals surface area (Å²) in [6.07, 6.45) is 10.4. The lowest BCUT2D eigenvalue weighted by Crippen LogP contribution is -2.09. The van der Waals surface area contributed by atoms with Crippen LogP contribution in [-0.2, 0) is 4.79 Å². The molecular weight excluding hydrogens is 194 g/mol. The quantitative estimate of drug-likeness (QED) is 0.429. The first kappa shape index (κ1) is 13.8. The summed E-state index contributed by atoms with van der Waals surface area (Å²) in [7, 11) is 0. The van der Waals surface area contributed by atoms with E-state index in [4.69, 9.17) is 5.73 Å². The van der Waals surface area contributed by atoms with Crippen molar-refractivity contribution in [3.8, 4) is 0 Å². The molecule has 0 radical (unpaired) electrons. The third-order valence-electron chi connectivity index (χ3n) is 2.33. The summed E-state index contributed by atoms with van der Waals surface area (Å²) in [6.45, 7) is 0. The average Bonchev–Trinajstić information content (AvgIpc) is 2.15. The Morgan fingerprint density at radius 2 is 1.29 bits per heavy atom. The van der Waals surface area contributed by atoms with Crippen LogP contribution in [0.4, 0.5) is 0 Å². The van der Waals surface area contributed by atoms with E-state index in [9.17, 15) is 4.79 Å².